The minimum absolute atomic E-state index is 0.245. The average molecular weight is 480 g/mol. The van der Waals surface area contributed by atoms with E-state index in [1.54, 1.807) is 12.1 Å². The number of nitrogens with one attached hydrogen (secondary N) is 1. The van der Waals surface area contributed by atoms with Crippen LogP contribution in [0.1, 0.15) is 47.6 Å². The summed E-state index contributed by atoms with van der Waals surface area (Å²) in [6.45, 7) is 5.46. The second kappa shape index (κ2) is 9.79. The number of anilines is 1. The number of fused-ring (bicyclic) bond motifs is 1. The second-order valence-corrected chi connectivity index (χ2v) is 8.74. The van der Waals surface area contributed by atoms with Gasteiger partial charge in [-0.05, 0) is 42.7 Å². The highest BCUT2D eigenvalue weighted by atomic mass is 16.3. The molecule has 5 aromatic rings. The number of hydrogen-bond donors (Lipinski definition) is 2. The number of aromatic nitrogens is 4. The zero-order valence-electron chi connectivity index (χ0n) is 20.4. The normalized spacial score (nSPS) is 11.6. The van der Waals surface area contributed by atoms with Gasteiger partial charge in [0.15, 0.2) is 17.2 Å². The van der Waals surface area contributed by atoms with Crippen molar-refractivity contribution in [2.24, 2.45) is 0 Å². The summed E-state index contributed by atoms with van der Waals surface area (Å²) in [7, 11) is 0. The molecule has 7 nitrogen and oxygen atoms in total. The second-order valence-electron chi connectivity index (χ2n) is 8.74. The molecule has 36 heavy (non-hydrogen) atoms. The maximum atomic E-state index is 13.0. The summed E-state index contributed by atoms with van der Waals surface area (Å²) < 4.78 is 3.79. The van der Waals surface area contributed by atoms with Gasteiger partial charge in [-0.3, -0.25) is 9.48 Å². The monoisotopic (exact) mass is 479 g/mol. The van der Waals surface area contributed by atoms with Crippen LogP contribution in [-0.4, -0.2) is 30.3 Å². The number of benzene rings is 3. The van der Waals surface area contributed by atoms with Crippen LogP contribution < -0.4 is 5.32 Å². The Morgan fingerprint density at radius 2 is 1.61 bits per heavy atom. The number of aryl methyl sites for hydroxylation is 2. The van der Waals surface area contributed by atoms with Crippen molar-refractivity contribution in [1.29, 1.82) is 0 Å². The molecule has 0 spiro atoms. The minimum Gasteiger partial charge on any atom is -0.373 e. The highest BCUT2D eigenvalue weighted by Gasteiger charge is 2.38. The molecule has 3 aromatic carbocycles. The molecule has 0 aliphatic heterocycles. The maximum Gasteiger partial charge on any atom is 0.256 e. The van der Waals surface area contributed by atoms with Gasteiger partial charge in [-0.25, -0.2) is 4.98 Å². The Labute approximate surface area is 210 Å². The molecule has 182 valence electrons. The summed E-state index contributed by atoms with van der Waals surface area (Å²) in [5.41, 5.74) is 1.97. The van der Waals surface area contributed by atoms with Gasteiger partial charge in [0.1, 0.15) is 0 Å². The van der Waals surface area contributed by atoms with Gasteiger partial charge in [0.05, 0.1) is 11.0 Å². The van der Waals surface area contributed by atoms with Gasteiger partial charge in [-0.1, -0.05) is 67.6 Å². The van der Waals surface area contributed by atoms with Crippen LogP contribution in [0, 0.1) is 0 Å². The van der Waals surface area contributed by atoms with E-state index in [9.17, 15) is 9.90 Å². The molecule has 0 fully saturated rings. The van der Waals surface area contributed by atoms with Crippen molar-refractivity contribution in [2.75, 3.05) is 5.32 Å². The maximum absolute atomic E-state index is 13.0. The van der Waals surface area contributed by atoms with Crippen LogP contribution >= 0.6 is 0 Å². The molecule has 0 saturated heterocycles. The zero-order chi connectivity index (χ0) is 25.1. The highest BCUT2D eigenvalue weighted by molar-refractivity contribution is 6.05. The lowest BCUT2D eigenvalue weighted by Gasteiger charge is -2.29. The first-order valence-electron chi connectivity index (χ1n) is 12.2. The first kappa shape index (κ1) is 23.5. The van der Waals surface area contributed by atoms with Gasteiger partial charge in [0, 0.05) is 30.9 Å². The van der Waals surface area contributed by atoms with Crippen LogP contribution in [0.4, 0.5) is 5.82 Å². The van der Waals surface area contributed by atoms with Crippen molar-refractivity contribution in [3.05, 3.63) is 114 Å². The predicted octanol–water partition coefficient (Wildman–Crippen LogP) is 5.20. The van der Waals surface area contributed by atoms with Crippen LogP contribution in [0.15, 0.2) is 91.1 Å². The number of aliphatic hydroxyl groups is 1. The van der Waals surface area contributed by atoms with Gasteiger partial charge in [-0.15, -0.1) is 0 Å². The third kappa shape index (κ3) is 4.18. The molecule has 0 saturated carbocycles. The number of carbonyl (C=O) groups excluding carboxylic acids is 1. The molecule has 0 aliphatic carbocycles. The van der Waals surface area contributed by atoms with E-state index in [0.717, 1.165) is 29.6 Å². The third-order valence-corrected chi connectivity index (χ3v) is 6.37. The lowest BCUT2D eigenvalue weighted by molar-refractivity contribution is 0.102. The number of rotatable bonds is 8. The summed E-state index contributed by atoms with van der Waals surface area (Å²) >= 11 is 0. The van der Waals surface area contributed by atoms with Gasteiger partial charge >= 0.3 is 0 Å². The molecule has 0 unspecified atom stereocenters. The molecule has 2 aromatic heterocycles. The lowest BCUT2D eigenvalue weighted by Crippen LogP contribution is -2.32. The Kier molecular flexibility index (Phi) is 6.40. The predicted molar refractivity (Wildman–Crippen MR) is 141 cm³/mol. The molecular formula is C29H29N5O2. The van der Waals surface area contributed by atoms with Crippen molar-refractivity contribution < 1.29 is 9.90 Å². The largest absolute Gasteiger partial charge is 0.373 e. The first-order valence-corrected chi connectivity index (χ1v) is 12.2. The Morgan fingerprint density at radius 1 is 0.944 bits per heavy atom. The fraction of sp³-hybridized carbons (Fsp3) is 0.207. The topological polar surface area (TPSA) is 85.0 Å². The Hall–Kier alpha value is -4.23. The summed E-state index contributed by atoms with van der Waals surface area (Å²) in [6.07, 6.45) is 2.82. The molecule has 0 atom stereocenters. The van der Waals surface area contributed by atoms with E-state index in [-0.39, 0.29) is 5.91 Å². The van der Waals surface area contributed by atoms with E-state index in [4.69, 9.17) is 4.98 Å². The summed E-state index contributed by atoms with van der Waals surface area (Å²) in [5.74, 6) is 0.777. The highest BCUT2D eigenvalue weighted by Crippen LogP contribution is 2.37. The Bertz CT molecular complexity index is 1450. The molecule has 1 amide bonds. The van der Waals surface area contributed by atoms with E-state index in [1.165, 1.54) is 0 Å². The smallest absolute Gasteiger partial charge is 0.256 e. The molecule has 0 radical (unpaired) electrons. The minimum atomic E-state index is -1.47. The molecular weight excluding hydrogens is 450 g/mol. The summed E-state index contributed by atoms with van der Waals surface area (Å²) in [5, 5.41) is 19.6. The third-order valence-electron chi connectivity index (χ3n) is 6.37. The van der Waals surface area contributed by atoms with E-state index >= 15 is 0 Å². The fourth-order valence-corrected chi connectivity index (χ4v) is 4.61. The number of amides is 1. The van der Waals surface area contributed by atoms with E-state index in [2.05, 4.69) is 17.3 Å². The zero-order valence-corrected chi connectivity index (χ0v) is 20.4. The number of nitrogens with zero attached hydrogens (tertiary/aromatic N) is 4. The van der Waals surface area contributed by atoms with Crippen molar-refractivity contribution in [1.82, 2.24) is 19.3 Å². The molecule has 0 bridgehead atoms. The number of carbonyl (C=O) groups is 1. The van der Waals surface area contributed by atoms with E-state index < -0.39 is 5.60 Å². The van der Waals surface area contributed by atoms with Crippen molar-refractivity contribution in [3.8, 4) is 0 Å². The van der Waals surface area contributed by atoms with E-state index in [1.807, 2.05) is 95.2 Å². The first-order chi connectivity index (χ1) is 17.5. The molecule has 7 heteroatoms. The molecule has 0 aliphatic rings. The summed E-state index contributed by atoms with van der Waals surface area (Å²) in [6, 6.07) is 26.3. The number of hydrogen-bond acceptors (Lipinski definition) is 4. The van der Waals surface area contributed by atoms with Gasteiger partial charge in [0.2, 0.25) is 0 Å². The molecule has 2 heterocycles. The van der Waals surface area contributed by atoms with Crippen LogP contribution in [0.25, 0.3) is 11.0 Å². The van der Waals surface area contributed by atoms with Gasteiger partial charge < -0.3 is 15.0 Å². The van der Waals surface area contributed by atoms with Crippen molar-refractivity contribution in [3.63, 3.8) is 0 Å². The molecule has 5 rings (SSSR count). The summed E-state index contributed by atoms with van der Waals surface area (Å²) in [4.78, 5) is 17.9. The van der Waals surface area contributed by atoms with Crippen LogP contribution in [-0.2, 0) is 18.7 Å². The standard InChI is InChI=1S/C29H29N5O2/c1-3-18-33-19-17-26(32-33)31-27(35)21-15-16-24-25(20-21)34(4-2)28(30-24)29(36,22-11-7-5-8-12-22)23-13-9-6-10-14-23/h5-17,19-20,36H,3-4,18H2,1-2H3,(H,31,32,35). The van der Waals surface area contributed by atoms with Crippen molar-refractivity contribution in [2.45, 2.75) is 39.0 Å². The van der Waals surface area contributed by atoms with Gasteiger partial charge in [-0.2, -0.15) is 5.10 Å². The Morgan fingerprint density at radius 3 is 2.22 bits per heavy atom. The average Bonchev–Trinajstić information content (AvgIpc) is 3.53. The van der Waals surface area contributed by atoms with Crippen LogP contribution in [0.5, 0.6) is 0 Å². The van der Waals surface area contributed by atoms with Crippen LogP contribution in [0.2, 0.25) is 0 Å². The molecule has 2 N–H and O–H groups in total. The van der Waals surface area contributed by atoms with Gasteiger partial charge in [0.25, 0.3) is 5.91 Å². The SMILES string of the molecule is CCCn1ccc(NC(=O)c2ccc3nc(C(O)(c4ccccc4)c4ccccc4)n(CC)c3c2)n1. The van der Waals surface area contributed by atoms with E-state index in [0.29, 0.717) is 29.3 Å². The van der Waals surface area contributed by atoms with Crippen LogP contribution in [0.3, 0.4) is 0 Å². The number of imidazole rings is 1. The van der Waals surface area contributed by atoms with Crippen molar-refractivity contribution >= 4 is 22.8 Å². The fourth-order valence-electron chi connectivity index (χ4n) is 4.61. The Balaban J connectivity index is 1.58. The quantitative estimate of drug-likeness (QED) is 0.320. The lowest BCUT2D eigenvalue weighted by atomic mass is 9.85.